The van der Waals surface area contributed by atoms with Crippen LogP contribution in [0, 0.1) is 18.3 Å². The Bertz CT molecular complexity index is 693. The maximum Gasteiger partial charge on any atom is 0.415 e. The fourth-order valence-electron chi connectivity index (χ4n) is 2.20. The molecule has 1 amide bonds. The fourth-order valence-corrected chi connectivity index (χ4v) is 2.20. The number of rotatable bonds is 1. The number of para-hydroxylation sites is 1. The highest BCUT2D eigenvalue weighted by atomic mass is 16.6. The Labute approximate surface area is 110 Å². The van der Waals surface area contributed by atoms with Gasteiger partial charge in [-0.1, -0.05) is 6.07 Å². The van der Waals surface area contributed by atoms with E-state index in [1.807, 2.05) is 13.0 Å². The van der Waals surface area contributed by atoms with E-state index in [1.54, 1.807) is 17.0 Å². The third-order valence-corrected chi connectivity index (χ3v) is 3.39. The first-order chi connectivity index (χ1) is 9.20. The second-order valence-electron chi connectivity index (χ2n) is 4.63. The van der Waals surface area contributed by atoms with Gasteiger partial charge in [0.15, 0.2) is 5.75 Å². The van der Waals surface area contributed by atoms with Crippen LogP contribution in [0.2, 0.25) is 0 Å². The van der Waals surface area contributed by atoms with Gasteiger partial charge in [0.1, 0.15) is 6.07 Å². The second-order valence-corrected chi connectivity index (χ2v) is 4.63. The van der Waals surface area contributed by atoms with Gasteiger partial charge in [0.25, 0.3) is 0 Å². The number of carbonyl (C=O) groups excluding carboxylic acids is 1. The van der Waals surface area contributed by atoms with E-state index in [9.17, 15) is 4.79 Å². The minimum Gasteiger partial charge on any atom is -0.408 e. The van der Waals surface area contributed by atoms with Gasteiger partial charge in [-0.05, 0) is 25.5 Å². The molecule has 5 heteroatoms. The Kier molecular flexibility index (Phi) is 2.64. The van der Waals surface area contributed by atoms with E-state index in [4.69, 9.17) is 10.00 Å². The first kappa shape index (κ1) is 11.6. The molecule has 2 aromatic rings. The third-order valence-electron chi connectivity index (χ3n) is 3.39. The fraction of sp³-hybridized carbons (Fsp3) is 0.286. The number of hydrogen-bond donors (Lipinski definition) is 1. The Morgan fingerprint density at radius 2 is 2.26 bits per heavy atom. The minimum atomic E-state index is -0.322. The number of likely N-dealkylation sites (tertiary alicyclic amines) is 1. The van der Waals surface area contributed by atoms with Crippen LogP contribution in [-0.2, 0) is 0 Å². The lowest BCUT2D eigenvalue weighted by atomic mass is 10.1. The van der Waals surface area contributed by atoms with Gasteiger partial charge < -0.3 is 14.6 Å². The summed E-state index contributed by atoms with van der Waals surface area (Å²) in [6, 6.07) is 7.49. The molecule has 0 saturated carbocycles. The quantitative estimate of drug-likeness (QED) is 0.851. The van der Waals surface area contributed by atoms with Crippen molar-refractivity contribution in [3.05, 3.63) is 29.5 Å². The molecule has 2 heterocycles. The van der Waals surface area contributed by atoms with Crippen LogP contribution in [0.5, 0.6) is 5.75 Å². The monoisotopic (exact) mass is 255 g/mol. The van der Waals surface area contributed by atoms with Crippen molar-refractivity contribution in [2.24, 2.45) is 0 Å². The summed E-state index contributed by atoms with van der Waals surface area (Å²) in [5.74, 6) is 0.518. The third kappa shape index (κ3) is 1.82. The van der Waals surface area contributed by atoms with Gasteiger partial charge in [0.2, 0.25) is 0 Å². The summed E-state index contributed by atoms with van der Waals surface area (Å²) < 4.78 is 5.45. The normalized spacial score (nSPS) is 14.0. The smallest absolute Gasteiger partial charge is 0.408 e. The van der Waals surface area contributed by atoms with Gasteiger partial charge >= 0.3 is 6.09 Å². The Hall–Kier alpha value is -2.48. The van der Waals surface area contributed by atoms with Crippen LogP contribution in [0.25, 0.3) is 10.9 Å². The lowest BCUT2D eigenvalue weighted by Gasteiger charge is -2.29. The van der Waals surface area contributed by atoms with Crippen molar-refractivity contribution in [2.45, 2.75) is 13.3 Å². The molecule has 1 fully saturated rings. The van der Waals surface area contributed by atoms with Crippen molar-refractivity contribution in [3.8, 4) is 11.8 Å². The number of aromatic amines is 1. The van der Waals surface area contributed by atoms with E-state index >= 15 is 0 Å². The highest BCUT2D eigenvalue weighted by Crippen LogP contribution is 2.32. The Morgan fingerprint density at radius 1 is 1.47 bits per heavy atom. The molecule has 1 aromatic heterocycles. The van der Waals surface area contributed by atoms with Gasteiger partial charge in [-0.25, -0.2) is 4.79 Å². The number of nitriles is 1. The number of H-pyrrole nitrogens is 1. The zero-order valence-corrected chi connectivity index (χ0v) is 10.6. The average molecular weight is 255 g/mol. The first-order valence-corrected chi connectivity index (χ1v) is 6.19. The summed E-state index contributed by atoms with van der Waals surface area (Å²) in [5.41, 5.74) is 2.02. The molecule has 0 bridgehead atoms. The molecule has 0 aliphatic carbocycles. The molecule has 96 valence electrons. The van der Waals surface area contributed by atoms with Gasteiger partial charge in [-0.15, -0.1) is 0 Å². The predicted octanol–water partition coefficient (Wildman–Crippen LogP) is 2.55. The van der Waals surface area contributed by atoms with Gasteiger partial charge in [-0.3, -0.25) is 0 Å². The lowest BCUT2D eigenvalue weighted by Crippen LogP contribution is -2.43. The van der Waals surface area contributed by atoms with Crippen molar-refractivity contribution < 1.29 is 9.53 Å². The zero-order valence-electron chi connectivity index (χ0n) is 10.6. The molecule has 3 rings (SSSR count). The number of nitrogens with one attached hydrogen (secondary N) is 1. The minimum absolute atomic E-state index is 0.322. The van der Waals surface area contributed by atoms with Crippen LogP contribution in [0.1, 0.15) is 17.7 Å². The number of nitrogens with zero attached hydrogens (tertiary/aromatic N) is 2. The number of ether oxygens (including phenoxy) is 1. The van der Waals surface area contributed by atoms with Crippen molar-refractivity contribution in [2.75, 3.05) is 13.1 Å². The van der Waals surface area contributed by atoms with Crippen molar-refractivity contribution in [1.82, 2.24) is 9.88 Å². The maximum absolute atomic E-state index is 11.9. The summed E-state index contributed by atoms with van der Waals surface area (Å²) in [6.45, 7) is 3.34. The molecule has 0 unspecified atom stereocenters. The topological polar surface area (TPSA) is 69.1 Å². The highest BCUT2D eigenvalue weighted by molar-refractivity contribution is 5.93. The van der Waals surface area contributed by atoms with Crippen LogP contribution in [0.3, 0.4) is 0 Å². The molecule has 1 saturated heterocycles. The molecule has 0 radical (unpaired) electrons. The highest BCUT2D eigenvalue weighted by Gasteiger charge is 2.24. The number of fused-ring (bicyclic) bond motifs is 1. The number of benzene rings is 1. The second kappa shape index (κ2) is 4.32. The number of aromatic nitrogens is 1. The average Bonchev–Trinajstić information content (AvgIpc) is 2.64. The summed E-state index contributed by atoms with van der Waals surface area (Å²) in [7, 11) is 0. The van der Waals surface area contributed by atoms with E-state index in [1.165, 1.54) is 0 Å². The Balaban J connectivity index is 2.01. The van der Waals surface area contributed by atoms with Gasteiger partial charge in [-0.2, -0.15) is 5.26 Å². The lowest BCUT2D eigenvalue weighted by molar-refractivity contribution is 0.125. The summed E-state index contributed by atoms with van der Waals surface area (Å²) in [6.07, 6.45) is 0.707. The summed E-state index contributed by atoms with van der Waals surface area (Å²) in [4.78, 5) is 16.6. The van der Waals surface area contributed by atoms with E-state index in [2.05, 4.69) is 11.1 Å². The molecule has 1 N–H and O–H groups in total. The van der Waals surface area contributed by atoms with E-state index in [0.717, 1.165) is 30.6 Å². The van der Waals surface area contributed by atoms with Gasteiger partial charge in [0, 0.05) is 18.5 Å². The van der Waals surface area contributed by atoms with Crippen LogP contribution in [-0.4, -0.2) is 29.1 Å². The van der Waals surface area contributed by atoms with Crippen LogP contribution < -0.4 is 4.74 Å². The number of carbonyl (C=O) groups is 1. The molecule has 1 aromatic carbocycles. The van der Waals surface area contributed by atoms with E-state index < -0.39 is 0 Å². The van der Waals surface area contributed by atoms with Crippen molar-refractivity contribution >= 4 is 17.0 Å². The van der Waals surface area contributed by atoms with E-state index in [0.29, 0.717) is 16.8 Å². The molecule has 1 aliphatic rings. The number of amides is 1. The number of hydrogen-bond acceptors (Lipinski definition) is 3. The van der Waals surface area contributed by atoms with Crippen LogP contribution in [0.4, 0.5) is 4.79 Å². The summed E-state index contributed by atoms with van der Waals surface area (Å²) >= 11 is 0. The molecule has 19 heavy (non-hydrogen) atoms. The molecular weight excluding hydrogens is 242 g/mol. The molecule has 1 aliphatic heterocycles. The largest absolute Gasteiger partial charge is 0.415 e. The van der Waals surface area contributed by atoms with E-state index in [-0.39, 0.29) is 6.09 Å². The zero-order chi connectivity index (χ0) is 13.4. The summed E-state index contributed by atoms with van der Waals surface area (Å²) in [5, 5.41) is 9.84. The molecule has 0 atom stereocenters. The Morgan fingerprint density at radius 3 is 2.89 bits per heavy atom. The van der Waals surface area contributed by atoms with Crippen molar-refractivity contribution in [1.29, 1.82) is 5.26 Å². The molecular formula is C14H13N3O2. The molecule has 0 spiro atoms. The first-order valence-electron chi connectivity index (χ1n) is 6.19. The van der Waals surface area contributed by atoms with Crippen molar-refractivity contribution in [3.63, 3.8) is 0 Å². The van der Waals surface area contributed by atoms with Crippen LogP contribution >= 0.6 is 0 Å². The number of aryl methyl sites for hydroxylation is 1. The predicted molar refractivity (Wildman–Crippen MR) is 70.0 cm³/mol. The SMILES string of the molecule is Cc1[nH]c2c(C#N)cccc2c1OC(=O)N1CCC1. The van der Waals surface area contributed by atoms with Gasteiger partial charge in [0.05, 0.1) is 16.8 Å². The maximum atomic E-state index is 11.9. The van der Waals surface area contributed by atoms with Crippen LogP contribution in [0.15, 0.2) is 18.2 Å². The molecule has 5 nitrogen and oxygen atoms in total. The standard InChI is InChI=1S/C14H13N3O2/c1-9-13(19-14(18)17-6-3-7-17)11-5-2-4-10(8-15)12(11)16-9/h2,4-5,16H,3,6-7H2,1H3.